The number of nitriles is 1. The van der Waals surface area contributed by atoms with E-state index < -0.39 is 29.1 Å². The standard InChI is InChI=1S/C21H16F2N4O3/c22-14-6-7-16(17(23)12-14)19(13-24)25-21(29)18-8-9-20(28)27(26-18)10-11-30-15-4-2-1-3-5-15/h1-9,12,19H,10-11H2,(H,25,29). The Morgan fingerprint density at radius 3 is 2.63 bits per heavy atom. The zero-order valence-corrected chi connectivity index (χ0v) is 15.6. The number of nitrogens with zero attached hydrogens (tertiary/aromatic N) is 3. The second kappa shape index (κ2) is 9.43. The summed E-state index contributed by atoms with van der Waals surface area (Å²) in [6, 6.07) is 14.4. The van der Waals surface area contributed by atoms with Gasteiger partial charge < -0.3 is 10.1 Å². The van der Waals surface area contributed by atoms with Crippen LogP contribution in [-0.4, -0.2) is 22.3 Å². The van der Waals surface area contributed by atoms with E-state index in [-0.39, 0.29) is 24.4 Å². The third-order valence-electron chi connectivity index (χ3n) is 4.09. The smallest absolute Gasteiger partial charge is 0.273 e. The van der Waals surface area contributed by atoms with Crippen molar-refractivity contribution in [2.45, 2.75) is 12.6 Å². The van der Waals surface area contributed by atoms with Gasteiger partial charge in [-0.05, 0) is 24.3 Å². The van der Waals surface area contributed by atoms with Crippen molar-refractivity contribution in [2.24, 2.45) is 0 Å². The molecule has 1 unspecified atom stereocenters. The lowest BCUT2D eigenvalue weighted by atomic mass is 10.1. The molecule has 0 aliphatic heterocycles. The third-order valence-corrected chi connectivity index (χ3v) is 4.09. The molecule has 0 aliphatic carbocycles. The average molecular weight is 410 g/mol. The molecular formula is C21H16F2N4O3. The van der Waals surface area contributed by atoms with E-state index in [1.807, 2.05) is 6.07 Å². The Morgan fingerprint density at radius 1 is 1.17 bits per heavy atom. The summed E-state index contributed by atoms with van der Waals surface area (Å²) in [4.78, 5) is 24.4. The van der Waals surface area contributed by atoms with Crippen molar-refractivity contribution < 1.29 is 18.3 Å². The van der Waals surface area contributed by atoms with Gasteiger partial charge in [0.1, 0.15) is 35.7 Å². The number of para-hydroxylation sites is 1. The molecular weight excluding hydrogens is 394 g/mol. The summed E-state index contributed by atoms with van der Waals surface area (Å²) < 4.78 is 33.6. The summed E-state index contributed by atoms with van der Waals surface area (Å²) in [5.41, 5.74) is -0.765. The zero-order chi connectivity index (χ0) is 21.5. The molecule has 3 rings (SSSR count). The number of ether oxygens (including phenoxy) is 1. The number of carbonyl (C=O) groups excluding carboxylic acids is 1. The van der Waals surface area contributed by atoms with Crippen LogP contribution in [0.4, 0.5) is 8.78 Å². The topological polar surface area (TPSA) is 97.0 Å². The number of halogens is 2. The molecule has 1 amide bonds. The lowest BCUT2D eigenvalue weighted by Crippen LogP contribution is -2.32. The Balaban J connectivity index is 1.70. The van der Waals surface area contributed by atoms with Crippen LogP contribution >= 0.6 is 0 Å². The second-order valence-corrected chi connectivity index (χ2v) is 6.14. The molecule has 0 spiro atoms. The molecule has 1 N–H and O–H groups in total. The van der Waals surface area contributed by atoms with E-state index in [1.54, 1.807) is 30.3 Å². The highest BCUT2D eigenvalue weighted by molar-refractivity contribution is 5.92. The Bertz CT molecular complexity index is 1140. The molecule has 7 nitrogen and oxygen atoms in total. The maximum Gasteiger partial charge on any atom is 0.273 e. The van der Waals surface area contributed by atoms with Crippen molar-refractivity contribution in [3.63, 3.8) is 0 Å². The van der Waals surface area contributed by atoms with Crippen molar-refractivity contribution in [1.82, 2.24) is 15.1 Å². The van der Waals surface area contributed by atoms with Gasteiger partial charge in [-0.25, -0.2) is 13.5 Å². The van der Waals surface area contributed by atoms with Crippen molar-refractivity contribution in [3.05, 3.63) is 93.9 Å². The molecule has 2 aromatic carbocycles. The van der Waals surface area contributed by atoms with E-state index >= 15 is 0 Å². The quantitative estimate of drug-likeness (QED) is 0.646. The Labute approximate surface area is 170 Å². The molecule has 3 aromatic rings. The first-order valence-corrected chi connectivity index (χ1v) is 8.89. The first-order valence-electron chi connectivity index (χ1n) is 8.89. The first kappa shape index (κ1) is 20.7. The van der Waals surface area contributed by atoms with E-state index in [4.69, 9.17) is 4.74 Å². The minimum atomic E-state index is -1.36. The summed E-state index contributed by atoms with van der Waals surface area (Å²) in [6.07, 6.45) is 0. The van der Waals surface area contributed by atoms with E-state index in [2.05, 4.69) is 10.4 Å². The van der Waals surface area contributed by atoms with E-state index in [1.165, 1.54) is 6.07 Å². The molecule has 1 aromatic heterocycles. The minimum absolute atomic E-state index is 0.0864. The van der Waals surface area contributed by atoms with Crippen LogP contribution < -0.4 is 15.6 Å². The molecule has 0 fully saturated rings. The minimum Gasteiger partial charge on any atom is -0.492 e. The summed E-state index contributed by atoms with van der Waals surface area (Å²) >= 11 is 0. The largest absolute Gasteiger partial charge is 0.492 e. The fourth-order valence-corrected chi connectivity index (χ4v) is 2.62. The van der Waals surface area contributed by atoms with E-state index in [9.17, 15) is 23.6 Å². The molecule has 0 radical (unpaired) electrons. The Morgan fingerprint density at radius 2 is 1.93 bits per heavy atom. The summed E-state index contributed by atoms with van der Waals surface area (Å²) in [5, 5.41) is 15.6. The van der Waals surface area contributed by atoms with Crippen LogP contribution in [0.25, 0.3) is 0 Å². The van der Waals surface area contributed by atoms with Gasteiger partial charge in [0.25, 0.3) is 11.5 Å². The first-order chi connectivity index (χ1) is 14.5. The number of hydrogen-bond donors (Lipinski definition) is 1. The Kier molecular flexibility index (Phi) is 6.49. The summed E-state index contributed by atoms with van der Waals surface area (Å²) in [7, 11) is 0. The molecule has 0 saturated heterocycles. The summed E-state index contributed by atoms with van der Waals surface area (Å²) in [6.45, 7) is 0.229. The molecule has 1 atom stereocenters. The van der Waals surface area contributed by atoms with Gasteiger partial charge in [0.05, 0.1) is 12.6 Å². The number of carbonyl (C=O) groups is 1. The zero-order valence-electron chi connectivity index (χ0n) is 15.6. The molecule has 152 valence electrons. The number of amides is 1. The lowest BCUT2D eigenvalue weighted by Gasteiger charge is -2.13. The SMILES string of the molecule is N#CC(NC(=O)c1ccc(=O)n(CCOc2ccccc2)n1)c1ccc(F)cc1F. The number of rotatable bonds is 7. The van der Waals surface area contributed by atoms with Gasteiger partial charge in [-0.2, -0.15) is 10.4 Å². The second-order valence-electron chi connectivity index (χ2n) is 6.14. The van der Waals surface area contributed by atoms with Crippen molar-refractivity contribution in [1.29, 1.82) is 5.26 Å². The van der Waals surface area contributed by atoms with Crippen LogP contribution in [0.3, 0.4) is 0 Å². The van der Waals surface area contributed by atoms with Gasteiger partial charge in [-0.3, -0.25) is 9.59 Å². The molecule has 0 bridgehead atoms. The van der Waals surface area contributed by atoms with Gasteiger partial charge in [0.15, 0.2) is 0 Å². The number of benzene rings is 2. The van der Waals surface area contributed by atoms with Crippen LogP contribution in [0.2, 0.25) is 0 Å². The van der Waals surface area contributed by atoms with Gasteiger partial charge >= 0.3 is 0 Å². The Hall–Kier alpha value is -4.06. The lowest BCUT2D eigenvalue weighted by molar-refractivity contribution is 0.0936. The van der Waals surface area contributed by atoms with Crippen molar-refractivity contribution >= 4 is 5.91 Å². The highest BCUT2D eigenvalue weighted by atomic mass is 19.1. The maximum absolute atomic E-state index is 13.9. The summed E-state index contributed by atoms with van der Waals surface area (Å²) in [5.74, 6) is -1.93. The number of nitrogens with one attached hydrogen (secondary N) is 1. The van der Waals surface area contributed by atoms with Gasteiger partial charge in [0.2, 0.25) is 0 Å². The highest BCUT2D eigenvalue weighted by Gasteiger charge is 2.20. The monoisotopic (exact) mass is 410 g/mol. The molecule has 9 heteroatoms. The van der Waals surface area contributed by atoms with Crippen molar-refractivity contribution in [3.8, 4) is 11.8 Å². The van der Waals surface area contributed by atoms with E-state index in [0.29, 0.717) is 11.8 Å². The van der Waals surface area contributed by atoms with Gasteiger partial charge in [-0.15, -0.1) is 0 Å². The van der Waals surface area contributed by atoms with Crippen LogP contribution in [0, 0.1) is 23.0 Å². The normalized spacial score (nSPS) is 11.4. The van der Waals surface area contributed by atoms with Crippen LogP contribution in [0.1, 0.15) is 22.1 Å². The molecule has 0 saturated carbocycles. The molecule has 1 heterocycles. The van der Waals surface area contributed by atoms with Crippen LogP contribution in [0.15, 0.2) is 65.5 Å². The fourth-order valence-electron chi connectivity index (χ4n) is 2.62. The third kappa shape index (κ3) is 5.05. The predicted octanol–water partition coefficient (Wildman–Crippen LogP) is 2.60. The van der Waals surface area contributed by atoms with Gasteiger partial charge in [-0.1, -0.05) is 24.3 Å². The average Bonchev–Trinajstić information content (AvgIpc) is 2.74. The van der Waals surface area contributed by atoms with Crippen molar-refractivity contribution in [2.75, 3.05) is 6.61 Å². The highest BCUT2D eigenvalue weighted by Crippen LogP contribution is 2.18. The van der Waals surface area contributed by atoms with Gasteiger partial charge in [0, 0.05) is 17.7 Å². The maximum atomic E-state index is 13.9. The molecule has 30 heavy (non-hydrogen) atoms. The fraction of sp³-hybridized carbons (Fsp3) is 0.143. The predicted molar refractivity (Wildman–Crippen MR) is 103 cm³/mol. The number of aromatic nitrogens is 2. The molecule has 0 aliphatic rings. The van der Waals surface area contributed by atoms with Crippen LogP contribution in [-0.2, 0) is 6.54 Å². The van der Waals surface area contributed by atoms with E-state index in [0.717, 1.165) is 22.9 Å². The number of hydrogen-bond acceptors (Lipinski definition) is 5. The van der Waals surface area contributed by atoms with Crippen LogP contribution in [0.5, 0.6) is 5.75 Å².